The largest absolute Gasteiger partial charge is 0.454 e. The molecule has 11 nitrogen and oxygen atoms in total. The average Bonchev–Trinajstić information content (AvgIpc) is 2.00. The van der Waals surface area contributed by atoms with Gasteiger partial charge in [0.05, 0.1) is 25.4 Å². The molecule has 1 fully saturated rings. The summed E-state index contributed by atoms with van der Waals surface area (Å²) in [6.07, 6.45) is 71.4. The summed E-state index contributed by atoms with van der Waals surface area (Å²) in [6, 6.07) is -1.02. The van der Waals surface area contributed by atoms with E-state index in [0.717, 1.165) is 57.8 Å². The van der Waals surface area contributed by atoms with E-state index in [9.17, 15) is 35.1 Å². The van der Waals surface area contributed by atoms with Gasteiger partial charge in [-0.1, -0.05) is 399 Å². The lowest BCUT2D eigenvalue weighted by Gasteiger charge is -2.41. The Morgan fingerprint density at radius 3 is 1.04 bits per heavy atom. The van der Waals surface area contributed by atoms with Crippen molar-refractivity contribution in [2.24, 2.45) is 0 Å². The van der Waals surface area contributed by atoms with Gasteiger partial charge in [-0.2, -0.15) is 0 Å². The summed E-state index contributed by atoms with van der Waals surface area (Å²) in [6.45, 7) is 5.88. The van der Waals surface area contributed by atoms with Crippen molar-refractivity contribution in [3.8, 4) is 0 Å². The number of aliphatic hydroxyl groups is 5. The molecule has 0 aliphatic carbocycles. The SMILES string of the molecule is CCCCCCCCCCCC/C=C/C(O)C(COC1OC(CO)C(O)C(O)C1OC(=O)CCCCCCCCCCCCCCCCCCCCCCCCCCC)NC(=O)C(O)CCCCCCCCCCCCCCCCCCCCCCCCCC. The number of amides is 1. The van der Waals surface area contributed by atoms with E-state index in [0.29, 0.717) is 19.3 Å². The first-order valence-corrected chi connectivity index (χ1v) is 40.0. The molecule has 8 atom stereocenters. The molecule has 1 aliphatic rings. The molecular formula is C79H153NO10. The van der Waals surface area contributed by atoms with E-state index < -0.39 is 67.4 Å². The molecular weight excluding hydrogens is 1120 g/mol. The van der Waals surface area contributed by atoms with Crippen LogP contribution in [-0.4, -0.2) is 99.6 Å². The minimum atomic E-state index is -1.61. The van der Waals surface area contributed by atoms with Crippen LogP contribution in [0.2, 0.25) is 0 Å². The Balaban J connectivity index is 2.48. The Bertz CT molecular complexity index is 1520. The predicted octanol–water partition coefficient (Wildman–Crippen LogP) is 21.4. The highest BCUT2D eigenvalue weighted by atomic mass is 16.7. The molecule has 0 saturated carbocycles. The highest BCUT2D eigenvalue weighted by molar-refractivity contribution is 5.80. The fourth-order valence-corrected chi connectivity index (χ4v) is 13.2. The molecule has 0 aromatic carbocycles. The Labute approximate surface area is 557 Å². The molecule has 1 heterocycles. The van der Waals surface area contributed by atoms with Crippen LogP contribution in [0.3, 0.4) is 0 Å². The number of allylic oxidation sites excluding steroid dienone is 1. The van der Waals surface area contributed by atoms with Gasteiger partial charge >= 0.3 is 5.97 Å². The van der Waals surface area contributed by atoms with E-state index in [1.807, 2.05) is 6.08 Å². The number of nitrogens with one attached hydrogen (secondary N) is 1. The molecule has 0 aromatic rings. The maximum absolute atomic E-state index is 13.5. The van der Waals surface area contributed by atoms with Gasteiger partial charge in [-0.15, -0.1) is 0 Å². The van der Waals surface area contributed by atoms with Crippen molar-refractivity contribution in [3.63, 3.8) is 0 Å². The molecule has 0 bridgehead atoms. The first-order valence-electron chi connectivity index (χ1n) is 40.0. The van der Waals surface area contributed by atoms with E-state index in [2.05, 4.69) is 26.1 Å². The topological polar surface area (TPSA) is 175 Å². The molecule has 11 heteroatoms. The highest BCUT2D eigenvalue weighted by Crippen LogP contribution is 2.27. The quantitative estimate of drug-likeness (QED) is 0.0195. The summed E-state index contributed by atoms with van der Waals surface area (Å²) >= 11 is 0. The molecule has 8 unspecified atom stereocenters. The summed E-state index contributed by atoms with van der Waals surface area (Å²) in [5.74, 6) is -1.17. The second-order valence-corrected chi connectivity index (χ2v) is 28.2. The maximum Gasteiger partial charge on any atom is 0.306 e. The number of carbonyl (C=O) groups is 2. The van der Waals surface area contributed by atoms with Crippen LogP contribution >= 0.6 is 0 Å². The molecule has 0 radical (unpaired) electrons. The van der Waals surface area contributed by atoms with Gasteiger partial charge in [-0.25, -0.2) is 0 Å². The molecule has 6 N–H and O–H groups in total. The minimum absolute atomic E-state index is 0.132. The van der Waals surface area contributed by atoms with E-state index in [1.54, 1.807) is 6.08 Å². The standard InChI is InChI=1S/C79H153NO10/c1-4-7-10-13-16-19-22-25-27-29-31-33-35-37-39-41-43-45-47-49-52-55-58-61-64-67-74(84)90-77-76(86)75(85)73(68-81)89-79(77)88-69-70(71(82)65-62-59-56-53-50-24-21-18-15-12-9-6-3)80-78(87)72(83)66-63-60-57-54-51-48-46-44-42-40-38-36-34-32-30-28-26-23-20-17-14-11-8-5-2/h62,65,70-73,75-77,79,81-83,85-86H,4-61,63-64,66-69H2,1-3H3,(H,80,87)/b65-62+. The van der Waals surface area contributed by atoms with Gasteiger partial charge in [0.1, 0.15) is 24.4 Å². The van der Waals surface area contributed by atoms with E-state index in [1.165, 1.54) is 315 Å². The molecule has 1 aliphatic heterocycles. The lowest BCUT2D eigenvalue weighted by atomic mass is 9.99. The van der Waals surface area contributed by atoms with Crippen LogP contribution in [-0.2, 0) is 23.8 Å². The van der Waals surface area contributed by atoms with Crippen LogP contribution in [0.25, 0.3) is 0 Å². The third-order valence-corrected chi connectivity index (χ3v) is 19.4. The zero-order chi connectivity index (χ0) is 65.3. The molecule has 0 aromatic heterocycles. The van der Waals surface area contributed by atoms with Gasteiger partial charge in [-0.3, -0.25) is 9.59 Å². The lowest BCUT2D eigenvalue weighted by molar-refractivity contribution is -0.305. The van der Waals surface area contributed by atoms with Crippen LogP contribution in [0, 0.1) is 0 Å². The van der Waals surface area contributed by atoms with E-state index in [4.69, 9.17) is 14.2 Å². The Morgan fingerprint density at radius 2 is 0.722 bits per heavy atom. The third kappa shape index (κ3) is 53.6. The highest BCUT2D eigenvalue weighted by Gasteiger charge is 2.47. The summed E-state index contributed by atoms with van der Waals surface area (Å²) in [7, 11) is 0. The van der Waals surface area contributed by atoms with E-state index in [-0.39, 0.29) is 13.0 Å². The van der Waals surface area contributed by atoms with Crippen LogP contribution in [0.4, 0.5) is 0 Å². The van der Waals surface area contributed by atoms with Crippen LogP contribution in [0.1, 0.15) is 419 Å². The number of aliphatic hydroxyl groups excluding tert-OH is 5. The molecule has 1 rings (SSSR count). The minimum Gasteiger partial charge on any atom is -0.454 e. The van der Waals surface area contributed by atoms with Crippen molar-refractivity contribution in [2.75, 3.05) is 13.2 Å². The Morgan fingerprint density at radius 1 is 0.422 bits per heavy atom. The van der Waals surface area contributed by atoms with Gasteiger partial charge in [-0.05, 0) is 25.7 Å². The zero-order valence-electron chi connectivity index (χ0n) is 59.8. The van der Waals surface area contributed by atoms with Crippen LogP contribution in [0.15, 0.2) is 12.2 Å². The smallest absolute Gasteiger partial charge is 0.306 e. The Kier molecular flexibility index (Phi) is 64.7. The molecule has 0 spiro atoms. The fraction of sp³-hybridized carbons (Fsp3) is 0.949. The van der Waals surface area contributed by atoms with Crippen molar-refractivity contribution in [2.45, 2.75) is 468 Å². The summed E-state index contributed by atoms with van der Waals surface area (Å²) in [5, 5.41) is 57.4. The zero-order valence-corrected chi connectivity index (χ0v) is 59.8. The number of esters is 1. The summed E-state index contributed by atoms with van der Waals surface area (Å²) in [4.78, 5) is 26.8. The first-order chi connectivity index (χ1) is 44.2. The predicted molar refractivity (Wildman–Crippen MR) is 380 cm³/mol. The number of hydrogen-bond acceptors (Lipinski definition) is 10. The number of unbranched alkanes of at least 4 members (excludes halogenated alkanes) is 57. The molecule has 90 heavy (non-hydrogen) atoms. The molecule has 1 saturated heterocycles. The molecule has 534 valence electrons. The van der Waals surface area contributed by atoms with Crippen LogP contribution < -0.4 is 5.32 Å². The number of carbonyl (C=O) groups excluding carboxylic acids is 2. The van der Waals surface area contributed by atoms with Crippen molar-refractivity contribution >= 4 is 11.9 Å². The van der Waals surface area contributed by atoms with Crippen molar-refractivity contribution < 1.29 is 49.3 Å². The average molecular weight is 1280 g/mol. The number of ether oxygens (including phenoxy) is 3. The second-order valence-electron chi connectivity index (χ2n) is 28.2. The second kappa shape index (κ2) is 67.4. The first kappa shape index (κ1) is 86.4. The van der Waals surface area contributed by atoms with Gasteiger partial charge in [0.25, 0.3) is 0 Å². The summed E-state index contributed by atoms with van der Waals surface area (Å²) < 4.78 is 17.8. The summed E-state index contributed by atoms with van der Waals surface area (Å²) in [5.41, 5.74) is 0. The van der Waals surface area contributed by atoms with Gasteiger partial charge in [0.2, 0.25) is 5.91 Å². The lowest BCUT2D eigenvalue weighted by Crippen LogP contribution is -2.61. The third-order valence-electron chi connectivity index (χ3n) is 19.4. The maximum atomic E-state index is 13.5. The fourth-order valence-electron chi connectivity index (χ4n) is 13.2. The van der Waals surface area contributed by atoms with Crippen molar-refractivity contribution in [1.29, 1.82) is 0 Å². The van der Waals surface area contributed by atoms with Gasteiger partial charge in [0.15, 0.2) is 12.4 Å². The van der Waals surface area contributed by atoms with Crippen LogP contribution in [0.5, 0.6) is 0 Å². The Hall–Kier alpha value is -1.60. The normalized spacial score (nSPS) is 18.0. The monoisotopic (exact) mass is 1280 g/mol. The van der Waals surface area contributed by atoms with E-state index >= 15 is 0 Å². The number of rotatable bonds is 71. The van der Waals surface area contributed by atoms with Gasteiger partial charge < -0.3 is 45.1 Å². The van der Waals surface area contributed by atoms with Crippen molar-refractivity contribution in [1.82, 2.24) is 5.32 Å². The van der Waals surface area contributed by atoms with Crippen molar-refractivity contribution in [3.05, 3.63) is 12.2 Å². The van der Waals surface area contributed by atoms with Gasteiger partial charge in [0, 0.05) is 6.42 Å². The molecule has 1 amide bonds. The number of hydrogen-bond donors (Lipinski definition) is 6.